The van der Waals surface area contributed by atoms with Crippen LogP contribution in [0.25, 0.3) is 22.3 Å². The topological polar surface area (TPSA) is 142 Å². The second-order valence-electron chi connectivity index (χ2n) is 9.02. The van der Waals surface area contributed by atoms with E-state index in [0.29, 0.717) is 11.5 Å². The van der Waals surface area contributed by atoms with Crippen LogP contribution in [0.15, 0.2) is 68.8 Å². The lowest BCUT2D eigenvalue weighted by molar-refractivity contribution is 0.411. The monoisotopic (exact) mass is 546 g/mol. The first kappa shape index (κ1) is 26.2. The maximum Gasteiger partial charge on any atom is 0.332 e. The molecular weight excluding hydrogens is 520 g/mol. The van der Waals surface area contributed by atoms with Crippen LogP contribution >= 0.6 is 0 Å². The van der Waals surface area contributed by atoms with Gasteiger partial charge < -0.3 is 9.47 Å². The highest BCUT2D eigenvalue weighted by molar-refractivity contribution is 5.73. The number of hydrogen-bond donors (Lipinski definition) is 0. The Morgan fingerprint density at radius 3 is 1.32 bits per heavy atom. The minimum Gasteiger partial charge on any atom is -0.425 e. The van der Waals surface area contributed by atoms with Crippen molar-refractivity contribution < 1.29 is 9.47 Å². The van der Waals surface area contributed by atoms with Crippen LogP contribution in [0.2, 0.25) is 0 Å². The summed E-state index contributed by atoms with van der Waals surface area (Å²) < 4.78 is 19.6. The zero-order valence-corrected chi connectivity index (χ0v) is 22.3. The van der Waals surface area contributed by atoms with Crippen molar-refractivity contribution in [1.82, 2.24) is 37.4 Å². The van der Waals surface area contributed by atoms with Gasteiger partial charge in [-0.2, -0.15) is 9.97 Å². The number of fused-ring (bicyclic) bond motifs is 2. The van der Waals surface area contributed by atoms with Gasteiger partial charge in [0.15, 0.2) is 22.3 Å². The Labute approximate surface area is 225 Å². The smallest absolute Gasteiger partial charge is 0.332 e. The SMILES string of the molecule is C=CCn1c(Oc2ccc(Oc3nc4c(c(=O)n(C)c(=O)n4C)n3CC=C)cc2)nc2c1c(=O)n(C)c(=O)n2C. The zero-order chi connectivity index (χ0) is 28.9. The number of aryl methyl sites for hydroxylation is 2. The molecule has 0 spiro atoms. The van der Waals surface area contributed by atoms with Gasteiger partial charge in [0.2, 0.25) is 0 Å². The summed E-state index contributed by atoms with van der Waals surface area (Å²) in [5.74, 6) is 0.760. The van der Waals surface area contributed by atoms with Crippen LogP contribution in [-0.4, -0.2) is 37.4 Å². The minimum atomic E-state index is -0.505. The zero-order valence-electron chi connectivity index (χ0n) is 22.3. The normalized spacial score (nSPS) is 11.3. The third-order valence-electron chi connectivity index (χ3n) is 6.49. The van der Waals surface area contributed by atoms with Crippen LogP contribution in [-0.2, 0) is 41.3 Å². The molecule has 0 fully saturated rings. The molecule has 0 N–H and O–H groups in total. The second kappa shape index (κ2) is 9.72. The average molecular weight is 547 g/mol. The van der Waals surface area contributed by atoms with E-state index in [1.165, 1.54) is 46.5 Å². The summed E-state index contributed by atoms with van der Waals surface area (Å²) in [4.78, 5) is 59.2. The highest BCUT2D eigenvalue weighted by Gasteiger charge is 2.21. The van der Waals surface area contributed by atoms with Crippen LogP contribution < -0.4 is 32.0 Å². The molecule has 0 amide bonds. The summed E-state index contributed by atoms with van der Waals surface area (Å²) in [6, 6.07) is 6.70. The minimum absolute atomic E-state index is 0.103. The molecule has 0 aliphatic rings. The summed E-state index contributed by atoms with van der Waals surface area (Å²) >= 11 is 0. The van der Waals surface area contributed by atoms with Crippen LogP contribution in [0.4, 0.5) is 0 Å². The van der Waals surface area contributed by atoms with E-state index in [2.05, 4.69) is 23.1 Å². The van der Waals surface area contributed by atoms with Crippen molar-refractivity contribution >= 4 is 22.3 Å². The van der Waals surface area contributed by atoms with Crippen molar-refractivity contribution in [2.24, 2.45) is 28.2 Å². The van der Waals surface area contributed by atoms with Crippen LogP contribution in [0.3, 0.4) is 0 Å². The molecule has 0 radical (unpaired) electrons. The summed E-state index contributed by atoms with van der Waals surface area (Å²) in [6.07, 6.45) is 3.18. The van der Waals surface area contributed by atoms with Gasteiger partial charge >= 0.3 is 23.4 Å². The second-order valence-corrected chi connectivity index (χ2v) is 9.02. The molecule has 1 aromatic carbocycles. The molecular formula is C26H26N8O6. The maximum atomic E-state index is 12.8. The highest BCUT2D eigenvalue weighted by atomic mass is 16.5. The number of rotatable bonds is 8. The maximum absolute atomic E-state index is 12.8. The van der Waals surface area contributed by atoms with Gasteiger partial charge in [0, 0.05) is 41.3 Å². The van der Waals surface area contributed by atoms with Crippen molar-refractivity contribution in [2.45, 2.75) is 13.1 Å². The van der Waals surface area contributed by atoms with E-state index in [1.807, 2.05) is 0 Å². The Balaban J connectivity index is 1.51. The quantitative estimate of drug-likeness (QED) is 0.264. The third kappa shape index (κ3) is 3.97. The standard InChI is InChI=1S/C26H26N8O6/c1-7-13-33-17-19(29(3)25(37)31(5)21(17)35)27-23(33)39-15-9-11-16(12-10-15)40-24-28-20-18(34(24)14-8-2)22(36)32(6)26(38)30(20)4/h7-12H,1-2,13-14H2,3-6H3. The van der Waals surface area contributed by atoms with Crippen molar-refractivity contribution in [2.75, 3.05) is 0 Å². The first-order valence-electron chi connectivity index (χ1n) is 12.1. The first-order valence-corrected chi connectivity index (χ1v) is 12.1. The molecule has 40 heavy (non-hydrogen) atoms. The molecule has 0 aliphatic heterocycles. The van der Waals surface area contributed by atoms with E-state index >= 15 is 0 Å². The van der Waals surface area contributed by atoms with Gasteiger partial charge in [0.05, 0.1) is 0 Å². The molecule has 4 heterocycles. The summed E-state index contributed by atoms with van der Waals surface area (Å²) in [5, 5.41) is 0. The van der Waals surface area contributed by atoms with Crippen LogP contribution in [0, 0.1) is 0 Å². The molecule has 5 rings (SSSR count). The molecule has 0 unspecified atom stereocenters. The molecule has 0 bridgehead atoms. The Morgan fingerprint density at radius 1 is 0.650 bits per heavy atom. The van der Waals surface area contributed by atoms with Gasteiger partial charge in [-0.15, -0.1) is 13.2 Å². The fourth-order valence-electron chi connectivity index (χ4n) is 4.39. The number of aromatic nitrogens is 8. The lowest BCUT2D eigenvalue weighted by Crippen LogP contribution is -2.37. The molecule has 4 aromatic heterocycles. The molecule has 0 atom stereocenters. The van der Waals surface area contributed by atoms with Gasteiger partial charge in [-0.3, -0.25) is 37.0 Å². The molecule has 0 saturated carbocycles. The number of benzene rings is 1. The summed E-state index contributed by atoms with van der Waals surface area (Å²) in [6.45, 7) is 7.93. The molecule has 14 heteroatoms. The number of nitrogens with zero attached hydrogens (tertiary/aromatic N) is 8. The van der Waals surface area contributed by atoms with E-state index in [1.54, 1.807) is 36.4 Å². The lowest BCUT2D eigenvalue weighted by Gasteiger charge is -2.10. The fraction of sp³-hybridized carbons (Fsp3) is 0.231. The number of hydrogen-bond acceptors (Lipinski definition) is 8. The summed E-state index contributed by atoms with van der Waals surface area (Å²) in [5.41, 5.74) is -1.22. The predicted octanol–water partition coefficient (Wildman–Crippen LogP) is 1.14. The fourth-order valence-corrected chi connectivity index (χ4v) is 4.39. The molecule has 5 aromatic rings. The Hall–Kier alpha value is -5.40. The first-order chi connectivity index (χ1) is 19.1. The largest absolute Gasteiger partial charge is 0.425 e. The van der Waals surface area contributed by atoms with Gasteiger partial charge in [0.25, 0.3) is 11.1 Å². The average Bonchev–Trinajstić information content (AvgIpc) is 3.48. The van der Waals surface area contributed by atoms with E-state index in [0.717, 1.165) is 9.13 Å². The van der Waals surface area contributed by atoms with E-state index in [9.17, 15) is 19.2 Å². The van der Waals surface area contributed by atoms with Crippen LogP contribution in [0.5, 0.6) is 23.5 Å². The van der Waals surface area contributed by atoms with Gasteiger partial charge in [0.1, 0.15) is 11.5 Å². The molecule has 0 saturated heterocycles. The Kier molecular flexibility index (Phi) is 6.37. The molecule has 206 valence electrons. The van der Waals surface area contributed by atoms with Crippen LogP contribution in [0.1, 0.15) is 0 Å². The van der Waals surface area contributed by atoms with Gasteiger partial charge in [-0.25, -0.2) is 9.59 Å². The number of imidazole rings is 2. The van der Waals surface area contributed by atoms with E-state index in [4.69, 9.17) is 9.47 Å². The predicted molar refractivity (Wildman–Crippen MR) is 147 cm³/mol. The molecule has 14 nitrogen and oxygen atoms in total. The lowest BCUT2D eigenvalue weighted by atomic mass is 10.3. The van der Waals surface area contributed by atoms with Gasteiger partial charge in [-0.1, -0.05) is 12.2 Å². The Bertz CT molecular complexity index is 1920. The van der Waals surface area contributed by atoms with Crippen molar-refractivity contribution in [3.8, 4) is 23.5 Å². The number of ether oxygens (including phenoxy) is 2. The van der Waals surface area contributed by atoms with Crippen molar-refractivity contribution in [3.05, 3.63) is 91.3 Å². The Morgan fingerprint density at radius 2 is 1.00 bits per heavy atom. The van der Waals surface area contributed by atoms with Crippen molar-refractivity contribution in [3.63, 3.8) is 0 Å². The third-order valence-corrected chi connectivity index (χ3v) is 6.49. The highest BCUT2D eigenvalue weighted by Crippen LogP contribution is 2.29. The van der Waals surface area contributed by atoms with E-state index < -0.39 is 22.5 Å². The number of allylic oxidation sites excluding steroid dienone is 2. The summed E-state index contributed by atoms with van der Waals surface area (Å²) in [7, 11) is 5.85. The van der Waals surface area contributed by atoms with Gasteiger partial charge in [-0.05, 0) is 24.3 Å². The van der Waals surface area contributed by atoms with Crippen molar-refractivity contribution in [1.29, 1.82) is 0 Å². The van der Waals surface area contributed by atoms with E-state index in [-0.39, 0.29) is 47.4 Å². The molecule has 0 aliphatic carbocycles.